The van der Waals surface area contributed by atoms with Gasteiger partial charge in [0.1, 0.15) is 0 Å². The average Bonchev–Trinajstić information content (AvgIpc) is 2.90. The smallest absolute Gasteiger partial charge is 0.222 e. The minimum Gasteiger partial charge on any atom is -0.343 e. The predicted octanol–water partition coefficient (Wildman–Crippen LogP) is 3.46. The van der Waals surface area contributed by atoms with Gasteiger partial charge >= 0.3 is 0 Å². The lowest BCUT2D eigenvalue weighted by Crippen LogP contribution is -2.34. The molecule has 98 valence electrons. The van der Waals surface area contributed by atoms with Gasteiger partial charge in [0.15, 0.2) is 0 Å². The quantitative estimate of drug-likeness (QED) is 0.693. The fourth-order valence-electron chi connectivity index (χ4n) is 3.88. The zero-order valence-electron chi connectivity index (χ0n) is 11.5. The molecule has 2 aliphatic rings. The van der Waals surface area contributed by atoms with Gasteiger partial charge in [-0.1, -0.05) is 20.3 Å². The molecule has 0 radical (unpaired) electrons. The van der Waals surface area contributed by atoms with Crippen LogP contribution in [-0.2, 0) is 4.79 Å². The van der Waals surface area contributed by atoms with E-state index in [1.165, 1.54) is 25.7 Å². The Morgan fingerprint density at radius 3 is 2.29 bits per heavy atom. The molecule has 2 nitrogen and oxygen atoms in total. The van der Waals surface area contributed by atoms with Crippen molar-refractivity contribution in [2.45, 2.75) is 58.8 Å². The molecular weight excluding hydrogens is 210 g/mol. The van der Waals surface area contributed by atoms with Gasteiger partial charge in [-0.15, -0.1) is 0 Å². The van der Waals surface area contributed by atoms with E-state index in [2.05, 4.69) is 18.7 Å². The van der Waals surface area contributed by atoms with Crippen LogP contribution < -0.4 is 0 Å². The van der Waals surface area contributed by atoms with Crippen LogP contribution >= 0.6 is 0 Å². The highest BCUT2D eigenvalue weighted by Crippen LogP contribution is 2.49. The van der Waals surface area contributed by atoms with Crippen LogP contribution in [0.1, 0.15) is 58.8 Å². The van der Waals surface area contributed by atoms with Crippen molar-refractivity contribution in [2.24, 2.45) is 17.8 Å². The van der Waals surface area contributed by atoms with Crippen molar-refractivity contribution >= 4 is 5.91 Å². The van der Waals surface area contributed by atoms with Crippen molar-refractivity contribution in [2.75, 3.05) is 13.1 Å². The van der Waals surface area contributed by atoms with Gasteiger partial charge < -0.3 is 4.90 Å². The number of fused-ring (bicyclic) bond motifs is 2. The number of hydrogen-bond donors (Lipinski definition) is 0. The van der Waals surface area contributed by atoms with Crippen LogP contribution in [0.25, 0.3) is 0 Å². The summed E-state index contributed by atoms with van der Waals surface area (Å²) in [4.78, 5) is 14.4. The van der Waals surface area contributed by atoms with E-state index in [1.54, 1.807) is 0 Å². The second-order valence-corrected chi connectivity index (χ2v) is 6.02. The monoisotopic (exact) mass is 237 g/mol. The number of rotatable bonds is 6. The Kier molecular flexibility index (Phi) is 4.47. The van der Waals surface area contributed by atoms with Gasteiger partial charge in [0.2, 0.25) is 5.91 Å². The number of carbonyl (C=O) groups excluding carboxylic acids is 1. The first kappa shape index (κ1) is 12.9. The molecule has 2 rings (SSSR count). The molecule has 0 saturated heterocycles. The summed E-state index contributed by atoms with van der Waals surface area (Å²) < 4.78 is 0. The Bertz CT molecular complexity index is 258. The summed E-state index contributed by atoms with van der Waals surface area (Å²) in [6.45, 7) is 6.22. The zero-order chi connectivity index (χ0) is 12.3. The van der Waals surface area contributed by atoms with Gasteiger partial charge in [-0.2, -0.15) is 0 Å². The SMILES string of the molecule is CCCN(CCC)C(=O)CC1CC2CCC1C2. The highest BCUT2D eigenvalue weighted by molar-refractivity contribution is 5.76. The van der Waals surface area contributed by atoms with Crippen molar-refractivity contribution in [3.05, 3.63) is 0 Å². The van der Waals surface area contributed by atoms with Gasteiger partial charge in [-0.05, 0) is 49.9 Å². The maximum atomic E-state index is 12.3. The van der Waals surface area contributed by atoms with E-state index < -0.39 is 0 Å². The van der Waals surface area contributed by atoms with E-state index in [4.69, 9.17) is 0 Å². The molecular formula is C15H27NO. The van der Waals surface area contributed by atoms with Gasteiger partial charge in [0, 0.05) is 19.5 Å². The summed E-state index contributed by atoms with van der Waals surface area (Å²) in [5.41, 5.74) is 0. The summed E-state index contributed by atoms with van der Waals surface area (Å²) in [5, 5.41) is 0. The molecule has 0 aliphatic heterocycles. The topological polar surface area (TPSA) is 20.3 Å². The fourth-order valence-corrected chi connectivity index (χ4v) is 3.88. The van der Waals surface area contributed by atoms with Crippen LogP contribution in [0.2, 0.25) is 0 Å². The fraction of sp³-hybridized carbons (Fsp3) is 0.933. The van der Waals surface area contributed by atoms with E-state index >= 15 is 0 Å². The third-order valence-corrected chi connectivity index (χ3v) is 4.66. The number of amides is 1. The third kappa shape index (κ3) is 3.02. The average molecular weight is 237 g/mol. The molecule has 0 heterocycles. The normalized spacial score (nSPS) is 30.8. The molecule has 2 fully saturated rings. The molecule has 3 atom stereocenters. The molecule has 2 saturated carbocycles. The van der Waals surface area contributed by atoms with E-state index in [9.17, 15) is 4.79 Å². The molecule has 2 aliphatic carbocycles. The summed E-state index contributed by atoms with van der Waals surface area (Å²) in [7, 11) is 0. The molecule has 0 aromatic rings. The second kappa shape index (κ2) is 5.88. The maximum absolute atomic E-state index is 12.3. The highest BCUT2D eigenvalue weighted by atomic mass is 16.2. The lowest BCUT2D eigenvalue weighted by atomic mass is 9.86. The third-order valence-electron chi connectivity index (χ3n) is 4.66. The summed E-state index contributed by atoms with van der Waals surface area (Å²) in [6, 6.07) is 0. The Balaban J connectivity index is 1.82. The van der Waals surface area contributed by atoms with Gasteiger partial charge in [0.05, 0.1) is 0 Å². The molecule has 3 unspecified atom stereocenters. The first-order chi connectivity index (χ1) is 8.24. The molecule has 0 N–H and O–H groups in total. The van der Waals surface area contributed by atoms with E-state index in [-0.39, 0.29) is 0 Å². The van der Waals surface area contributed by atoms with Crippen LogP contribution in [0.3, 0.4) is 0 Å². The van der Waals surface area contributed by atoms with Crippen LogP contribution in [0.15, 0.2) is 0 Å². The summed E-state index contributed by atoms with van der Waals surface area (Å²) in [5.74, 6) is 2.99. The molecule has 2 heteroatoms. The van der Waals surface area contributed by atoms with Crippen LogP contribution in [0.4, 0.5) is 0 Å². The van der Waals surface area contributed by atoms with E-state index in [0.717, 1.165) is 50.1 Å². The molecule has 1 amide bonds. The molecule has 0 aromatic carbocycles. The van der Waals surface area contributed by atoms with Gasteiger partial charge in [-0.3, -0.25) is 4.79 Å². The largest absolute Gasteiger partial charge is 0.343 e. The first-order valence-corrected chi connectivity index (χ1v) is 7.52. The van der Waals surface area contributed by atoms with Crippen molar-refractivity contribution < 1.29 is 4.79 Å². The Morgan fingerprint density at radius 1 is 1.12 bits per heavy atom. The Hall–Kier alpha value is -0.530. The first-order valence-electron chi connectivity index (χ1n) is 7.52. The zero-order valence-corrected chi connectivity index (χ0v) is 11.5. The number of hydrogen-bond acceptors (Lipinski definition) is 1. The Labute approximate surface area is 106 Å². The second-order valence-electron chi connectivity index (χ2n) is 6.02. The van der Waals surface area contributed by atoms with Crippen molar-refractivity contribution in [3.63, 3.8) is 0 Å². The minimum absolute atomic E-state index is 0.422. The van der Waals surface area contributed by atoms with Crippen molar-refractivity contribution in [1.82, 2.24) is 4.90 Å². The number of carbonyl (C=O) groups is 1. The van der Waals surface area contributed by atoms with Crippen LogP contribution in [-0.4, -0.2) is 23.9 Å². The molecule has 0 spiro atoms. The predicted molar refractivity (Wildman–Crippen MR) is 70.7 cm³/mol. The lowest BCUT2D eigenvalue weighted by molar-refractivity contribution is -0.132. The highest BCUT2D eigenvalue weighted by Gasteiger charge is 2.40. The molecule has 0 aromatic heterocycles. The molecule has 2 bridgehead atoms. The van der Waals surface area contributed by atoms with Crippen LogP contribution in [0.5, 0.6) is 0 Å². The maximum Gasteiger partial charge on any atom is 0.222 e. The minimum atomic E-state index is 0.422. The summed E-state index contributed by atoms with van der Waals surface area (Å²) in [6.07, 6.45) is 8.58. The standard InChI is InChI=1S/C15H27NO/c1-3-7-16(8-4-2)15(17)11-14-10-12-5-6-13(14)9-12/h12-14H,3-11H2,1-2H3. The van der Waals surface area contributed by atoms with E-state index in [0.29, 0.717) is 5.91 Å². The van der Waals surface area contributed by atoms with Crippen LogP contribution in [0, 0.1) is 17.8 Å². The van der Waals surface area contributed by atoms with Crippen molar-refractivity contribution in [1.29, 1.82) is 0 Å². The number of nitrogens with zero attached hydrogens (tertiary/aromatic N) is 1. The van der Waals surface area contributed by atoms with Gasteiger partial charge in [0.25, 0.3) is 0 Å². The van der Waals surface area contributed by atoms with Gasteiger partial charge in [-0.25, -0.2) is 0 Å². The van der Waals surface area contributed by atoms with E-state index in [1.807, 2.05) is 0 Å². The lowest BCUT2D eigenvalue weighted by Gasteiger charge is -2.26. The Morgan fingerprint density at radius 2 is 1.82 bits per heavy atom. The summed E-state index contributed by atoms with van der Waals surface area (Å²) >= 11 is 0. The molecule has 17 heavy (non-hydrogen) atoms. The van der Waals surface area contributed by atoms with Crippen molar-refractivity contribution in [3.8, 4) is 0 Å².